The first-order chi connectivity index (χ1) is 9.85. The molecule has 0 saturated heterocycles. The lowest BCUT2D eigenvalue weighted by Gasteiger charge is -2.28. The zero-order valence-corrected chi connectivity index (χ0v) is 13.8. The molecule has 120 valence electrons. The predicted molar refractivity (Wildman–Crippen MR) is 87.6 cm³/mol. The average Bonchev–Trinajstić information content (AvgIpc) is 2.37. The number of anilines is 2. The quantitative estimate of drug-likeness (QED) is 0.749. The molecule has 0 aliphatic heterocycles. The van der Waals surface area contributed by atoms with E-state index in [2.05, 4.69) is 16.7 Å². The molecule has 0 amide bonds. The Morgan fingerprint density at radius 3 is 2.38 bits per heavy atom. The minimum atomic E-state index is -0.408. The molecule has 1 aromatic carbocycles. The summed E-state index contributed by atoms with van der Waals surface area (Å²) in [5.41, 5.74) is 7.31. The van der Waals surface area contributed by atoms with Gasteiger partial charge < -0.3 is 20.3 Å². The van der Waals surface area contributed by atoms with E-state index in [1.165, 1.54) is 6.07 Å². The number of benzene rings is 1. The van der Waals surface area contributed by atoms with Gasteiger partial charge in [-0.05, 0) is 34.4 Å². The Balaban J connectivity index is 3.05. The molecule has 0 bridgehead atoms. The second kappa shape index (κ2) is 8.08. The molecule has 0 fully saturated rings. The highest BCUT2D eigenvalue weighted by molar-refractivity contribution is 5.70. The maximum atomic E-state index is 13.9. The van der Waals surface area contributed by atoms with Crippen LogP contribution in [0, 0.1) is 5.82 Å². The Labute approximate surface area is 127 Å². The van der Waals surface area contributed by atoms with E-state index >= 15 is 0 Å². The molecule has 0 unspecified atom stereocenters. The molecule has 0 saturated carbocycles. The molecule has 0 aliphatic carbocycles. The van der Waals surface area contributed by atoms with E-state index in [0.717, 1.165) is 31.7 Å². The molecule has 0 radical (unpaired) electrons. The molecule has 0 heterocycles. The van der Waals surface area contributed by atoms with Crippen molar-refractivity contribution in [2.75, 3.05) is 44.4 Å². The number of hydrogen-bond donors (Lipinski definition) is 1. The largest absolute Gasteiger partial charge is 0.488 e. The SMILES string of the molecule is CCCN(CCN(C)C)c1cc(OC(C)C)c(F)cc1N. The second-order valence-corrected chi connectivity index (χ2v) is 5.80. The van der Waals surface area contributed by atoms with Gasteiger partial charge in [-0.1, -0.05) is 6.92 Å². The zero-order chi connectivity index (χ0) is 16.0. The Morgan fingerprint density at radius 2 is 1.86 bits per heavy atom. The van der Waals surface area contributed by atoms with Crippen molar-refractivity contribution in [2.45, 2.75) is 33.3 Å². The van der Waals surface area contributed by atoms with E-state index in [0.29, 0.717) is 5.69 Å². The number of nitrogens with zero attached hydrogens (tertiary/aromatic N) is 2. The van der Waals surface area contributed by atoms with E-state index in [1.54, 1.807) is 6.07 Å². The van der Waals surface area contributed by atoms with Crippen LogP contribution in [0.15, 0.2) is 12.1 Å². The predicted octanol–water partition coefficient (Wildman–Crippen LogP) is 2.97. The highest BCUT2D eigenvalue weighted by Crippen LogP contribution is 2.31. The normalized spacial score (nSPS) is 11.2. The lowest BCUT2D eigenvalue weighted by atomic mass is 10.2. The molecule has 21 heavy (non-hydrogen) atoms. The highest BCUT2D eigenvalue weighted by atomic mass is 19.1. The van der Waals surface area contributed by atoms with Gasteiger partial charge in [0.2, 0.25) is 0 Å². The Kier molecular flexibility index (Phi) is 6.75. The lowest BCUT2D eigenvalue weighted by molar-refractivity contribution is 0.231. The Hall–Kier alpha value is -1.49. The fraction of sp³-hybridized carbons (Fsp3) is 0.625. The summed E-state index contributed by atoms with van der Waals surface area (Å²) in [6.45, 7) is 8.52. The van der Waals surface area contributed by atoms with E-state index in [-0.39, 0.29) is 11.9 Å². The zero-order valence-electron chi connectivity index (χ0n) is 13.8. The first-order valence-electron chi connectivity index (χ1n) is 7.50. The number of nitrogen functional groups attached to an aromatic ring is 1. The van der Waals surface area contributed by atoms with Crippen molar-refractivity contribution in [1.29, 1.82) is 0 Å². The van der Waals surface area contributed by atoms with Crippen LogP contribution in [0.2, 0.25) is 0 Å². The van der Waals surface area contributed by atoms with Crippen molar-refractivity contribution in [3.8, 4) is 5.75 Å². The molecule has 4 nitrogen and oxygen atoms in total. The summed E-state index contributed by atoms with van der Waals surface area (Å²) >= 11 is 0. The molecular weight excluding hydrogens is 269 g/mol. The standard InChI is InChI=1S/C16H28FN3O/c1-6-7-20(9-8-19(4)5)15-11-16(21-12(2)3)13(17)10-14(15)18/h10-12H,6-9,18H2,1-5H3. The van der Waals surface area contributed by atoms with Crippen molar-refractivity contribution in [3.63, 3.8) is 0 Å². The monoisotopic (exact) mass is 297 g/mol. The Bertz CT molecular complexity index is 449. The van der Waals surface area contributed by atoms with Crippen LogP contribution in [0.25, 0.3) is 0 Å². The van der Waals surface area contributed by atoms with Gasteiger partial charge in [-0.3, -0.25) is 0 Å². The van der Waals surface area contributed by atoms with Gasteiger partial charge in [-0.15, -0.1) is 0 Å². The first kappa shape index (κ1) is 17.6. The number of halogens is 1. The molecular formula is C16H28FN3O. The smallest absolute Gasteiger partial charge is 0.167 e. The lowest BCUT2D eigenvalue weighted by Crippen LogP contribution is -2.33. The third-order valence-electron chi connectivity index (χ3n) is 3.10. The molecule has 0 aliphatic rings. The molecule has 0 aromatic heterocycles. The van der Waals surface area contributed by atoms with Gasteiger partial charge in [0.1, 0.15) is 0 Å². The summed E-state index contributed by atoms with van der Waals surface area (Å²) in [5.74, 6) is -0.144. The van der Waals surface area contributed by atoms with Crippen LogP contribution in [-0.2, 0) is 0 Å². The van der Waals surface area contributed by atoms with E-state index in [1.807, 2.05) is 27.9 Å². The van der Waals surface area contributed by atoms with Gasteiger partial charge in [0.25, 0.3) is 0 Å². The number of likely N-dealkylation sites (N-methyl/N-ethyl adjacent to an activating group) is 1. The maximum Gasteiger partial charge on any atom is 0.167 e. The van der Waals surface area contributed by atoms with Crippen LogP contribution in [0.4, 0.5) is 15.8 Å². The van der Waals surface area contributed by atoms with Crippen LogP contribution in [0.5, 0.6) is 5.75 Å². The van der Waals surface area contributed by atoms with Gasteiger partial charge in [-0.2, -0.15) is 0 Å². The van der Waals surface area contributed by atoms with Gasteiger partial charge in [-0.25, -0.2) is 4.39 Å². The van der Waals surface area contributed by atoms with Gasteiger partial charge in [0, 0.05) is 31.8 Å². The number of rotatable bonds is 8. The topological polar surface area (TPSA) is 41.7 Å². The summed E-state index contributed by atoms with van der Waals surface area (Å²) < 4.78 is 19.4. The molecule has 0 atom stereocenters. The molecule has 5 heteroatoms. The van der Waals surface area contributed by atoms with Crippen molar-refractivity contribution < 1.29 is 9.13 Å². The van der Waals surface area contributed by atoms with Crippen LogP contribution in [-0.4, -0.2) is 44.7 Å². The van der Waals surface area contributed by atoms with Crippen LogP contribution >= 0.6 is 0 Å². The van der Waals surface area contributed by atoms with E-state index in [9.17, 15) is 4.39 Å². The number of nitrogens with two attached hydrogens (primary N) is 1. The Morgan fingerprint density at radius 1 is 1.19 bits per heavy atom. The summed E-state index contributed by atoms with van der Waals surface area (Å²) in [6, 6.07) is 3.07. The molecule has 2 N–H and O–H groups in total. The number of ether oxygens (including phenoxy) is 1. The molecule has 1 aromatic rings. The van der Waals surface area contributed by atoms with Crippen LogP contribution < -0.4 is 15.4 Å². The van der Waals surface area contributed by atoms with Gasteiger partial charge >= 0.3 is 0 Å². The fourth-order valence-corrected chi connectivity index (χ4v) is 2.12. The summed E-state index contributed by atoms with van der Waals surface area (Å²) in [7, 11) is 4.07. The maximum absolute atomic E-state index is 13.9. The summed E-state index contributed by atoms with van der Waals surface area (Å²) in [4.78, 5) is 4.30. The molecule has 1 rings (SSSR count). The van der Waals surface area contributed by atoms with Crippen molar-refractivity contribution in [2.24, 2.45) is 0 Å². The minimum absolute atomic E-state index is 0.0719. The fourth-order valence-electron chi connectivity index (χ4n) is 2.12. The highest BCUT2D eigenvalue weighted by Gasteiger charge is 2.15. The van der Waals surface area contributed by atoms with Gasteiger partial charge in [0.15, 0.2) is 11.6 Å². The van der Waals surface area contributed by atoms with Crippen molar-refractivity contribution in [3.05, 3.63) is 17.9 Å². The minimum Gasteiger partial charge on any atom is -0.488 e. The summed E-state index contributed by atoms with van der Waals surface area (Å²) in [5, 5.41) is 0. The van der Waals surface area contributed by atoms with Crippen molar-refractivity contribution in [1.82, 2.24) is 4.90 Å². The van der Waals surface area contributed by atoms with E-state index < -0.39 is 5.82 Å². The van der Waals surface area contributed by atoms with Crippen LogP contribution in [0.1, 0.15) is 27.2 Å². The summed E-state index contributed by atoms with van der Waals surface area (Å²) in [6.07, 6.45) is 0.933. The molecule has 0 spiro atoms. The van der Waals surface area contributed by atoms with Crippen molar-refractivity contribution >= 4 is 11.4 Å². The average molecular weight is 297 g/mol. The third kappa shape index (κ3) is 5.42. The second-order valence-electron chi connectivity index (χ2n) is 5.80. The van der Waals surface area contributed by atoms with E-state index in [4.69, 9.17) is 10.5 Å². The van der Waals surface area contributed by atoms with Gasteiger partial charge in [0.05, 0.1) is 17.5 Å². The van der Waals surface area contributed by atoms with Crippen LogP contribution in [0.3, 0.4) is 0 Å². The first-order valence-corrected chi connectivity index (χ1v) is 7.50. The number of hydrogen-bond acceptors (Lipinski definition) is 4. The third-order valence-corrected chi connectivity index (χ3v) is 3.10.